The average Bonchev–Trinajstić information content (AvgIpc) is 3.14. The second-order valence-electron chi connectivity index (χ2n) is 6.38. The molecule has 1 aromatic heterocycles. The van der Waals surface area contributed by atoms with Gasteiger partial charge in [0.15, 0.2) is 0 Å². The fraction of sp³-hybridized carbons (Fsp3) is 0.238. The minimum Gasteiger partial charge on any atom is -0.487 e. The van der Waals surface area contributed by atoms with E-state index in [1.807, 2.05) is 31.3 Å². The molecule has 0 saturated heterocycles. The highest BCUT2D eigenvalue weighted by atomic mass is 16.5. The molecular formula is C21H23N3O2. The van der Waals surface area contributed by atoms with Crippen molar-refractivity contribution in [2.75, 3.05) is 0 Å². The molecule has 2 aromatic carbocycles. The van der Waals surface area contributed by atoms with Crippen LogP contribution in [0.3, 0.4) is 0 Å². The maximum Gasteiger partial charge on any atom is 0.217 e. The van der Waals surface area contributed by atoms with Gasteiger partial charge in [-0.25, -0.2) is 4.98 Å². The Balaban J connectivity index is 1.65. The number of aromatic nitrogens is 2. The second-order valence-corrected chi connectivity index (χ2v) is 6.38. The van der Waals surface area contributed by atoms with Crippen LogP contribution in [0.2, 0.25) is 0 Å². The quantitative estimate of drug-likeness (QED) is 0.683. The molecule has 0 aliphatic carbocycles. The van der Waals surface area contributed by atoms with E-state index in [9.17, 15) is 4.79 Å². The lowest BCUT2D eigenvalue weighted by molar-refractivity contribution is -0.119. The van der Waals surface area contributed by atoms with Crippen LogP contribution >= 0.6 is 0 Å². The van der Waals surface area contributed by atoms with E-state index < -0.39 is 0 Å². The summed E-state index contributed by atoms with van der Waals surface area (Å²) in [5.41, 5.74) is 4.30. The lowest BCUT2D eigenvalue weighted by Gasteiger charge is -2.13. The van der Waals surface area contributed by atoms with E-state index in [4.69, 9.17) is 4.74 Å². The summed E-state index contributed by atoms with van der Waals surface area (Å²) in [7, 11) is 0. The molecule has 1 unspecified atom stereocenters. The number of ether oxygens (including phenoxy) is 1. The monoisotopic (exact) mass is 349 g/mol. The first-order valence-corrected chi connectivity index (χ1v) is 8.67. The molecule has 1 atom stereocenters. The zero-order valence-electron chi connectivity index (χ0n) is 15.0. The Hall–Kier alpha value is -3.08. The Kier molecular flexibility index (Phi) is 5.69. The summed E-state index contributed by atoms with van der Waals surface area (Å²) in [6, 6.07) is 16.6. The molecule has 0 aliphatic rings. The Morgan fingerprint density at radius 2 is 2.00 bits per heavy atom. The number of imidazole rings is 1. The van der Waals surface area contributed by atoms with Crippen LogP contribution in [0.25, 0.3) is 11.1 Å². The Morgan fingerprint density at radius 1 is 1.19 bits per heavy atom. The number of carbonyl (C=O) groups excluding carboxylic acids is 1. The van der Waals surface area contributed by atoms with E-state index in [1.165, 1.54) is 5.56 Å². The molecule has 0 radical (unpaired) electrons. The fourth-order valence-corrected chi connectivity index (χ4v) is 2.88. The van der Waals surface area contributed by atoms with Crippen molar-refractivity contribution in [2.24, 2.45) is 0 Å². The molecule has 3 rings (SSSR count). The Morgan fingerprint density at radius 3 is 2.69 bits per heavy atom. The predicted molar refractivity (Wildman–Crippen MR) is 102 cm³/mol. The van der Waals surface area contributed by atoms with Crippen molar-refractivity contribution in [3.63, 3.8) is 0 Å². The van der Waals surface area contributed by atoms with Gasteiger partial charge in [-0.1, -0.05) is 36.4 Å². The summed E-state index contributed by atoms with van der Waals surface area (Å²) in [5.74, 6) is 0.814. The Bertz CT molecular complexity index is 842. The minimum atomic E-state index is 0.000717. The summed E-state index contributed by atoms with van der Waals surface area (Å²) < 4.78 is 5.80. The molecular weight excluding hydrogens is 326 g/mol. The zero-order valence-corrected chi connectivity index (χ0v) is 15.0. The van der Waals surface area contributed by atoms with Gasteiger partial charge in [-0.05, 0) is 42.2 Å². The van der Waals surface area contributed by atoms with Crippen LogP contribution in [0.5, 0.6) is 5.75 Å². The topological polar surface area (TPSA) is 67.0 Å². The number of hydrogen-bond donors (Lipinski definition) is 2. The molecule has 0 bridgehead atoms. The molecule has 0 aliphatic heterocycles. The lowest BCUT2D eigenvalue weighted by Crippen LogP contribution is -2.31. The van der Waals surface area contributed by atoms with Crippen molar-refractivity contribution in [3.05, 3.63) is 72.3 Å². The van der Waals surface area contributed by atoms with Crippen LogP contribution in [0.1, 0.15) is 25.1 Å². The molecule has 0 saturated carbocycles. The highest BCUT2D eigenvalue weighted by Gasteiger charge is 2.06. The number of amides is 1. The SMILES string of the molecule is CC(=O)NC(C)Cc1ccc(-c2cccc(OCc3c[nH]cn3)c2)cc1. The third-order valence-electron chi connectivity index (χ3n) is 4.05. The van der Waals surface area contributed by atoms with Crippen LogP contribution < -0.4 is 10.1 Å². The van der Waals surface area contributed by atoms with Crippen molar-refractivity contribution in [1.29, 1.82) is 0 Å². The van der Waals surface area contributed by atoms with Crippen LogP contribution in [-0.4, -0.2) is 21.9 Å². The number of benzene rings is 2. The van der Waals surface area contributed by atoms with Crippen LogP contribution in [-0.2, 0) is 17.8 Å². The van der Waals surface area contributed by atoms with E-state index in [0.717, 1.165) is 29.0 Å². The van der Waals surface area contributed by atoms with Crippen molar-refractivity contribution < 1.29 is 9.53 Å². The standard InChI is InChI=1S/C21H23N3O2/c1-15(24-16(2)25)10-17-6-8-18(9-7-17)19-4-3-5-21(11-19)26-13-20-12-22-14-23-20/h3-9,11-12,14-15H,10,13H2,1-2H3,(H,22,23)(H,24,25). The van der Waals surface area contributed by atoms with Gasteiger partial charge in [0.05, 0.1) is 12.0 Å². The molecule has 2 N–H and O–H groups in total. The number of nitrogens with zero attached hydrogens (tertiary/aromatic N) is 1. The number of rotatable bonds is 7. The molecule has 0 fully saturated rings. The average molecular weight is 349 g/mol. The van der Waals surface area contributed by atoms with E-state index in [2.05, 4.69) is 45.6 Å². The van der Waals surface area contributed by atoms with Gasteiger partial charge in [-0.3, -0.25) is 4.79 Å². The number of nitrogens with one attached hydrogen (secondary N) is 2. The van der Waals surface area contributed by atoms with Crippen molar-refractivity contribution in [1.82, 2.24) is 15.3 Å². The lowest BCUT2D eigenvalue weighted by atomic mass is 10.0. The van der Waals surface area contributed by atoms with Crippen molar-refractivity contribution >= 4 is 5.91 Å². The van der Waals surface area contributed by atoms with Gasteiger partial charge in [0.1, 0.15) is 12.4 Å². The molecule has 134 valence electrons. The van der Waals surface area contributed by atoms with Crippen molar-refractivity contribution in [2.45, 2.75) is 32.9 Å². The number of H-pyrrole nitrogens is 1. The van der Waals surface area contributed by atoms with Gasteiger partial charge in [0, 0.05) is 19.2 Å². The first-order valence-electron chi connectivity index (χ1n) is 8.67. The summed E-state index contributed by atoms with van der Waals surface area (Å²) in [4.78, 5) is 18.2. The molecule has 1 heterocycles. The summed E-state index contributed by atoms with van der Waals surface area (Å²) in [6.45, 7) is 3.99. The zero-order chi connectivity index (χ0) is 18.4. The van der Waals surface area contributed by atoms with Crippen LogP contribution in [0, 0.1) is 0 Å². The maximum absolute atomic E-state index is 11.1. The normalized spacial score (nSPS) is 11.8. The minimum absolute atomic E-state index is 0.000717. The highest BCUT2D eigenvalue weighted by Crippen LogP contribution is 2.25. The molecule has 3 aromatic rings. The van der Waals surface area contributed by atoms with Crippen LogP contribution in [0.15, 0.2) is 61.1 Å². The van der Waals surface area contributed by atoms with E-state index in [-0.39, 0.29) is 11.9 Å². The Labute approximate surface area is 153 Å². The first-order chi connectivity index (χ1) is 12.6. The summed E-state index contributed by atoms with van der Waals surface area (Å²) >= 11 is 0. The third-order valence-corrected chi connectivity index (χ3v) is 4.05. The van der Waals surface area contributed by atoms with Gasteiger partial charge >= 0.3 is 0 Å². The van der Waals surface area contributed by atoms with Gasteiger partial charge in [-0.2, -0.15) is 0 Å². The molecule has 1 amide bonds. The summed E-state index contributed by atoms with van der Waals surface area (Å²) in [6.07, 6.45) is 4.28. The van der Waals surface area contributed by atoms with Crippen LogP contribution in [0.4, 0.5) is 0 Å². The number of aromatic amines is 1. The van der Waals surface area contributed by atoms with Gasteiger partial charge in [0.2, 0.25) is 5.91 Å². The van der Waals surface area contributed by atoms with E-state index in [0.29, 0.717) is 6.61 Å². The third kappa shape index (κ3) is 4.96. The van der Waals surface area contributed by atoms with Gasteiger partial charge < -0.3 is 15.0 Å². The predicted octanol–water partition coefficient (Wildman–Crippen LogP) is 3.72. The largest absolute Gasteiger partial charge is 0.487 e. The summed E-state index contributed by atoms with van der Waals surface area (Å²) in [5, 5.41) is 2.91. The van der Waals surface area contributed by atoms with E-state index >= 15 is 0 Å². The fourth-order valence-electron chi connectivity index (χ4n) is 2.88. The maximum atomic E-state index is 11.1. The van der Waals surface area contributed by atoms with Gasteiger partial charge in [0.25, 0.3) is 0 Å². The number of hydrogen-bond acceptors (Lipinski definition) is 3. The molecule has 0 spiro atoms. The highest BCUT2D eigenvalue weighted by molar-refractivity contribution is 5.73. The molecule has 5 nitrogen and oxygen atoms in total. The smallest absolute Gasteiger partial charge is 0.217 e. The molecule has 26 heavy (non-hydrogen) atoms. The molecule has 5 heteroatoms. The first kappa shape index (κ1) is 17.7. The van der Waals surface area contributed by atoms with Gasteiger partial charge in [-0.15, -0.1) is 0 Å². The van der Waals surface area contributed by atoms with E-state index in [1.54, 1.807) is 13.3 Å². The number of carbonyl (C=O) groups is 1. The second kappa shape index (κ2) is 8.34. The van der Waals surface area contributed by atoms with Crippen molar-refractivity contribution in [3.8, 4) is 16.9 Å².